The Hall–Kier alpha value is -2.61. The monoisotopic (exact) mass is 660 g/mol. The highest BCUT2D eigenvalue weighted by Gasteiger charge is 2.59. The third-order valence-corrected chi connectivity index (χ3v) is 10.8. The van der Waals surface area contributed by atoms with Gasteiger partial charge in [-0.15, -0.1) is 0 Å². The van der Waals surface area contributed by atoms with Crippen LogP contribution < -0.4 is 0 Å². The number of nitrogens with zero attached hydrogens (tertiary/aromatic N) is 2. The van der Waals surface area contributed by atoms with Gasteiger partial charge in [-0.2, -0.15) is 0 Å². The van der Waals surface area contributed by atoms with Gasteiger partial charge in [-0.1, -0.05) is 25.5 Å². The molecular formula is C35H52N2O10. The van der Waals surface area contributed by atoms with Crippen molar-refractivity contribution in [3.05, 3.63) is 35.9 Å². The molecule has 2 bridgehead atoms. The molecule has 0 spiro atoms. The second-order valence-electron chi connectivity index (χ2n) is 14.4. The van der Waals surface area contributed by atoms with Gasteiger partial charge in [0.1, 0.15) is 23.9 Å². The molecule has 262 valence electrons. The van der Waals surface area contributed by atoms with Crippen LogP contribution in [0.3, 0.4) is 0 Å². The van der Waals surface area contributed by atoms with E-state index in [0.29, 0.717) is 43.2 Å². The third-order valence-electron chi connectivity index (χ3n) is 10.8. The quantitative estimate of drug-likeness (QED) is 0.228. The number of hydrogen-bond donors (Lipinski definition) is 2. The van der Waals surface area contributed by atoms with Gasteiger partial charge < -0.3 is 43.2 Å². The number of esters is 2. The van der Waals surface area contributed by atoms with Crippen LogP contribution in [0, 0.1) is 29.6 Å². The molecule has 47 heavy (non-hydrogen) atoms. The van der Waals surface area contributed by atoms with Crippen LogP contribution in [0.5, 0.6) is 0 Å². The highest BCUT2D eigenvalue weighted by Crippen LogP contribution is 2.54. The van der Waals surface area contributed by atoms with Crippen molar-refractivity contribution in [2.75, 3.05) is 20.3 Å². The summed E-state index contributed by atoms with van der Waals surface area (Å²) in [6, 6.07) is 0. The largest absolute Gasteiger partial charge is 0.456 e. The molecule has 4 aliphatic rings. The van der Waals surface area contributed by atoms with E-state index in [0.717, 1.165) is 6.42 Å². The molecule has 0 saturated carbocycles. The molecule has 0 amide bonds. The van der Waals surface area contributed by atoms with Gasteiger partial charge in [0.15, 0.2) is 18.2 Å². The predicted molar refractivity (Wildman–Crippen MR) is 170 cm³/mol. The van der Waals surface area contributed by atoms with E-state index < -0.39 is 54.0 Å². The van der Waals surface area contributed by atoms with E-state index >= 15 is 0 Å². The Labute approximate surface area is 277 Å². The molecule has 0 radical (unpaired) electrons. The van der Waals surface area contributed by atoms with E-state index in [9.17, 15) is 19.8 Å². The van der Waals surface area contributed by atoms with Crippen LogP contribution in [0.25, 0.3) is 6.08 Å². The number of aliphatic hydroxyl groups excluding tert-OH is 2. The molecule has 1 aromatic heterocycles. The van der Waals surface area contributed by atoms with Crippen molar-refractivity contribution < 1.29 is 48.2 Å². The Morgan fingerprint density at radius 3 is 2.64 bits per heavy atom. The Morgan fingerprint density at radius 2 is 1.98 bits per heavy atom. The molecule has 11 atom stereocenters. The topological polar surface area (TPSA) is 148 Å². The molecular weight excluding hydrogens is 608 g/mol. The molecule has 12 heteroatoms. The van der Waals surface area contributed by atoms with Crippen molar-refractivity contribution in [3.8, 4) is 0 Å². The van der Waals surface area contributed by atoms with Crippen molar-refractivity contribution in [2.24, 2.45) is 36.6 Å². The number of rotatable bonds is 9. The fourth-order valence-corrected chi connectivity index (χ4v) is 8.14. The zero-order chi connectivity index (χ0) is 34.1. The lowest BCUT2D eigenvalue weighted by atomic mass is 9.62. The summed E-state index contributed by atoms with van der Waals surface area (Å²) >= 11 is 0. The number of aliphatic hydroxyl groups is 2. The molecule has 3 aliphatic heterocycles. The van der Waals surface area contributed by atoms with Gasteiger partial charge in [-0.25, -0.2) is 9.78 Å². The number of aromatic nitrogens is 2. The number of allylic oxidation sites excluding steroid dienone is 2. The van der Waals surface area contributed by atoms with Crippen LogP contribution in [0.4, 0.5) is 0 Å². The van der Waals surface area contributed by atoms with Gasteiger partial charge in [0.25, 0.3) is 0 Å². The van der Waals surface area contributed by atoms with Crippen LogP contribution in [-0.4, -0.2) is 94.1 Å². The first kappa shape index (κ1) is 35.7. The van der Waals surface area contributed by atoms with E-state index in [1.165, 1.54) is 18.6 Å². The normalized spacial score (nSPS) is 39.1. The highest BCUT2D eigenvalue weighted by atomic mass is 16.7. The summed E-state index contributed by atoms with van der Waals surface area (Å²) in [4.78, 5) is 29.4. The summed E-state index contributed by atoms with van der Waals surface area (Å²) in [5.74, 6) is -1.31. The van der Waals surface area contributed by atoms with Crippen molar-refractivity contribution in [2.45, 2.75) is 109 Å². The van der Waals surface area contributed by atoms with E-state index in [2.05, 4.69) is 31.8 Å². The molecule has 12 nitrogen and oxygen atoms in total. The molecule has 1 aliphatic carbocycles. The van der Waals surface area contributed by atoms with E-state index in [1.54, 1.807) is 19.5 Å². The van der Waals surface area contributed by atoms with Crippen LogP contribution in [0.1, 0.15) is 72.4 Å². The van der Waals surface area contributed by atoms with Gasteiger partial charge >= 0.3 is 11.9 Å². The van der Waals surface area contributed by atoms with Gasteiger partial charge in [0.2, 0.25) is 0 Å². The van der Waals surface area contributed by atoms with Crippen LogP contribution in [-0.2, 0) is 45.1 Å². The molecule has 1 unspecified atom stereocenters. The third kappa shape index (κ3) is 7.68. The number of aryl methyl sites for hydroxylation is 1. The Bertz CT molecular complexity index is 1330. The number of carbonyl (C=O) groups is 2. The van der Waals surface area contributed by atoms with Crippen molar-refractivity contribution >= 4 is 18.0 Å². The van der Waals surface area contributed by atoms with Crippen molar-refractivity contribution in [3.63, 3.8) is 0 Å². The first-order chi connectivity index (χ1) is 22.2. The van der Waals surface area contributed by atoms with Gasteiger partial charge in [0, 0.05) is 45.7 Å². The van der Waals surface area contributed by atoms with E-state index in [-0.39, 0.29) is 31.0 Å². The zero-order valence-electron chi connectivity index (χ0n) is 28.7. The Morgan fingerprint density at radius 1 is 1.21 bits per heavy atom. The van der Waals surface area contributed by atoms with Crippen LogP contribution in [0.2, 0.25) is 0 Å². The number of methoxy groups -OCH3 is 1. The van der Waals surface area contributed by atoms with E-state index in [1.807, 2.05) is 24.7 Å². The summed E-state index contributed by atoms with van der Waals surface area (Å²) in [6.07, 6.45) is 6.88. The fourth-order valence-electron chi connectivity index (χ4n) is 8.14. The molecule has 2 N–H and O–H groups in total. The molecule has 0 aromatic carbocycles. The minimum Gasteiger partial charge on any atom is -0.456 e. The first-order valence-electron chi connectivity index (χ1n) is 16.8. The summed E-state index contributed by atoms with van der Waals surface area (Å²) in [5, 5.41) is 20.8. The standard InChI is InChI=1S/C35H52N2O10/c1-20(2)25-10-8-21(3)26-15-29(46-30(40)11-9-24-16-37(6)19-36-24)34(5)12-13-35(42-7,47-34)23(14-27(25)26)17-43-33-32(45-22(4)38)31(41)28(39)18-44-33/h8-9,11,16,19-20,23,25-29,31-33,39,41H,10,12-15,17-18H2,1-7H3/b11-9+/t23?,25-,26+,27-,28-,29+,31-,32+,33-,34+,35-/m1/s1. The fraction of sp³-hybridized carbons (Fsp3) is 0.743. The minimum absolute atomic E-state index is 0.126. The maximum absolute atomic E-state index is 13.3. The number of fused-ring (bicyclic) bond motifs is 3. The average Bonchev–Trinajstić information content (AvgIpc) is 3.61. The Kier molecular flexibility index (Phi) is 11.0. The number of carbonyl (C=O) groups excluding carboxylic acids is 2. The Balaban J connectivity index is 1.46. The van der Waals surface area contributed by atoms with Crippen LogP contribution >= 0.6 is 0 Å². The van der Waals surface area contributed by atoms with Crippen LogP contribution in [0.15, 0.2) is 30.2 Å². The minimum atomic E-state index is -1.36. The summed E-state index contributed by atoms with van der Waals surface area (Å²) in [6.45, 7) is 9.85. The van der Waals surface area contributed by atoms with Crippen molar-refractivity contribution in [1.29, 1.82) is 0 Å². The lowest BCUT2D eigenvalue weighted by Gasteiger charge is -2.44. The molecule has 3 fully saturated rings. The molecule has 5 rings (SSSR count). The first-order valence-corrected chi connectivity index (χ1v) is 16.8. The van der Waals surface area contributed by atoms with Gasteiger partial charge in [-0.05, 0) is 69.3 Å². The predicted octanol–water partition coefficient (Wildman–Crippen LogP) is 3.55. The average molecular weight is 661 g/mol. The van der Waals surface area contributed by atoms with E-state index in [4.69, 9.17) is 28.4 Å². The summed E-state index contributed by atoms with van der Waals surface area (Å²) in [7, 11) is 3.50. The molecule has 1 aromatic rings. The number of imidazole rings is 1. The second-order valence-corrected chi connectivity index (χ2v) is 14.4. The molecule has 3 saturated heterocycles. The summed E-state index contributed by atoms with van der Waals surface area (Å²) < 4.78 is 38.7. The lowest BCUT2D eigenvalue weighted by Crippen LogP contribution is -2.56. The number of ether oxygens (including phenoxy) is 6. The maximum atomic E-state index is 13.3. The van der Waals surface area contributed by atoms with Gasteiger partial charge in [0.05, 0.1) is 25.2 Å². The smallest absolute Gasteiger partial charge is 0.331 e. The number of hydrogen-bond acceptors (Lipinski definition) is 11. The highest BCUT2D eigenvalue weighted by molar-refractivity contribution is 5.86. The second kappa shape index (κ2) is 14.5. The molecule has 4 heterocycles. The van der Waals surface area contributed by atoms with Gasteiger partial charge in [-0.3, -0.25) is 4.79 Å². The maximum Gasteiger partial charge on any atom is 0.331 e. The lowest BCUT2D eigenvalue weighted by molar-refractivity contribution is -0.308. The summed E-state index contributed by atoms with van der Waals surface area (Å²) in [5.41, 5.74) is 1.09. The van der Waals surface area contributed by atoms with Crippen molar-refractivity contribution in [1.82, 2.24) is 9.55 Å². The zero-order valence-corrected chi connectivity index (χ0v) is 28.7. The SMILES string of the molecule is CO[C@]12CC[C@](C)(O1)[C@@H](OC(=O)/C=C/c1cn(C)cn1)C[C@H]1C(C)=CC[C@H](C(C)C)[C@H]1CC2CO[C@@H]1OC[C@@H](O)[C@@H](O)[C@@H]1OC(C)=O.